The molecular formula is C22H14ClNO4. The lowest BCUT2D eigenvalue weighted by Gasteiger charge is -2.07. The molecule has 3 aromatic rings. The van der Waals surface area contributed by atoms with E-state index in [4.69, 9.17) is 21.1 Å². The topological polar surface area (TPSA) is 65.5 Å². The van der Waals surface area contributed by atoms with Crippen molar-refractivity contribution in [2.75, 3.05) is 6.61 Å². The van der Waals surface area contributed by atoms with Gasteiger partial charge in [-0.25, -0.2) is 0 Å². The molecule has 28 heavy (non-hydrogen) atoms. The van der Waals surface area contributed by atoms with Gasteiger partial charge in [0.25, 0.3) is 0 Å². The first-order chi connectivity index (χ1) is 13.6. The largest absolute Gasteiger partial charge is 0.485 e. The Hall–Kier alpha value is -3.44. The summed E-state index contributed by atoms with van der Waals surface area (Å²) < 4.78 is 11.2. The minimum Gasteiger partial charge on any atom is -0.485 e. The highest BCUT2D eigenvalue weighted by atomic mass is 35.5. The molecule has 1 aliphatic rings. The van der Waals surface area contributed by atoms with Crippen LogP contribution in [0.5, 0.6) is 11.5 Å². The lowest BCUT2D eigenvalue weighted by molar-refractivity contribution is 0.0921. The molecule has 0 fully saturated rings. The summed E-state index contributed by atoms with van der Waals surface area (Å²) in [6.07, 6.45) is 4.94. The Labute approximate surface area is 166 Å². The number of rotatable bonds is 5. The Morgan fingerprint density at radius 3 is 2.71 bits per heavy atom. The van der Waals surface area contributed by atoms with E-state index in [9.17, 15) is 9.59 Å². The summed E-state index contributed by atoms with van der Waals surface area (Å²) in [6.45, 7) is -0.132. The summed E-state index contributed by atoms with van der Waals surface area (Å²) in [5, 5.41) is 0.563. The van der Waals surface area contributed by atoms with E-state index < -0.39 is 0 Å². The normalized spacial score (nSPS) is 13.9. The minimum atomic E-state index is -0.206. The number of fused-ring (bicyclic) bond motifs is 1. The Morgan fingerprint density at radius 2 is 1.96 bits per heavy atom. The summed E-state index contributed by atoms with van der Waals surface area (Å²) in [7, 11) is 0. The molecule has 2 aromatic carbocycles. The molecule has 0 unspecified atom stereocenters. The minimum absolute atomic E-state index is 0.132. The molecule has 0 spiro atoms. The standard InChI is InChI=1S/C22H14ClNO4/c23-16-5-3-15(4-6-16)19(25)13-27-17-7-8-18-20(11-17)28-21(22(18)26)10-14-2-1-9-24-12-14/h1-12H,13H2. The predicted octanol–water partition coefficient (Wildman–Crippen LogP) is 4.61. The number of carbonyl (C=O) groups is 2. The zero-order valence-corrected chi connectivity index (χ0v) is 15.3. The average Bonchev–Trinajstić information content (AvgIpc) is 3.02. The zero-order chi connectivity index (χ0) is 19.5. The summed E-state index contributed by atoms with van der Waals surface area (Å²) in [5.41, 5.74) is 1.73. The van der Waals surface area contributed by atoms with Crippen molar-refractivity contribution in [3.8, 4) is 11.5 Å². The quantitative estimate of drug-likeness (QED) is 0.469. The fourth-order valence-corrected chi connectivity index (χ4v) is 2.86. The number of aromatic nitrogens is 1. The average molecular weight is 392 g/mol. The van der Waals surface area contributed by atoms with E-state index in [0.29, 0.717) is 27.6 Å². The van der Waals surface area contributed by atoms with Gasteiger partial charge in [-0.2, -0.15) is 0 Å². The van der Waals surface area contributed by atoms with Crippen LogP contribution in [-0.2, 0) is 0 Å². The first kappa shape index (κ1) is 17.9. The Kier molecular flexibility index (Phi) is 4.91. The van der Waals surface area contributed by atoms with Crippen LogP contribution in [0, 0.1) is 0 Å². The number of pyridine rings is 1. The van der Waals surface area contributed by atoms with E-state index in [2.05, 4.69) is 4.98 Å². The van der Waals surface area contributed by atoms with E-state index in [1.54, 1.807) is 67.0 Å². The van der Waals surface area contributed by atoms with Crippen LogP contribution >= 0.6 is 11.6 Å². The van der Waals surface area contributed by atoms with Crippen LogP contribution < -0.4 is 9.47 Å². The third-order valence-electron chi connectivity index (χ3n) is 4.16. The number of Topliss-reactive ketones (excluding diaryl/α,β-unsaturated/α-hetero) is 2. The summed E-state index contributed by atoms with van der Waals surface area (Å²) in [6, 6.07) is 15.1. The van der Waals surface area contributed by atoms with E-state index in [1.165, 1.54) is 0 Å². The van der Waals surface area contributed by atoms with Crippen molar-refractivity contribution in [1.82, 2.24) is 4.98 Å². The molecule has 1 aliphatic heterocycles. The highest BCUT2D eigenvalue weighted by Gasteiger charge is 2.27. The van der Waals surface area contributed by atoms with Crippen molar-refractivity contribution in [3.63, 3.8) is 0 Å². The van der Waals surface area contributed by atoms with Crippen molar-refractivity contribution in [2.45, 2.75) is 0 Å². The maximum Gasteiger partial charge on any atom is 0.231 e. The third kappa shape index (κ3) is 3.80. The molecule has 2 heterocycles. The van der Waals surface area contributed by atoms with Crippen LogP contribution in [0.3, 0.4) is 0 Å². The molecule has 6 heteroatoms. The molecular weight excluding hydrogens is 378 g/mol. The number of ketones is 2. The number of allylic oxidation sites excluding steroid dienone is 1. The van der Waals surface area contributed by atoms with Crippen molar-refractivity contribution in [3.05, 3.63) is 94.5 Å². The molecule has 5 nitrogen and oxygen atoms in total. The van der Waals surface area contributed by atoms with E-state index in [-0.39, 0.29) is 23.9 Å². The second-order valence-electron chi connectivity index (χ2n) is 6.10. The lowest BCUT2D eigenvalue weighted by atomic mass is 10.1. The van der Waals surface area contributed by atoms with Gasteiger partial charge in [-0.15, -0.1) is 0 Å². The van der Waals surface area contributed by atoms with Crippen molar-refractivity contribution in [2.24, 2.45) is 0 Å². The Morgan fingerprint density at radius 1 is 1.14 bits per heavy atom. The fourth-order valence-electron chi connectivity index (χ4n) is 2.74. The molecule has 0 radical (unpaired) electrons. The van der Waals surface area contributed by atoms with Gasteiger partial charge in [-0.3, -0.25) is 14.6 Å². The smallest absolute Gasteiger partial charge is 0.231 e. The van der Waals surface area contributed by atoms with Crippen LogP contribution in [0.15, 0.2) is 72.8 Å². The molecule has 138 valence electrons. The van der Waals surface area contributed by atoms with Crippen molar-refractivity contribution >= 4 is 29.2 Å². The van der Waals surface area contributed by atoms with Crippen LogP contribution in [0.4, 0.5) is 0 Å². The van der Waals surface area contributed by atoms with Gasteiger partial charge in [0.1, 0.15) is 11.5 Å². The number of hydrogen-bond donors (Lipinski definition) is 0. The Bertz CT molecular complexity index is 1080. The molecule has 0 aliphatic carbocycles. The van der Waals surface area contributed by atoms with Gasteiger partial charge >= 0.3 is 0 Å². The van der Waals surface area contributed by atoms with Gasteiger partial charge in [0, 0.05) is 29.0 Å². The molecule has 0 bridgehead atoms. The number of halogens is 1. The first-order valence-corrected chi connectivity index (χ1v) is 8.88. The van der Waals surface area contributed by atoms with E-state index >= 15 is 0 Å². The van der Waals surface area contributed by atoms with Gasteiger partial charge in [0.2, 0.25) is 5.78 Å². The number of carbonyl (C=O) groups excluding carboxylic acids is 2. The van der Waals surface area contributed by atoms with Gasteiger partial charge < -0.3 is 9.47 Å². The zero-order valence-electron chi connectivity index (χ0n) is 14.6. The van der Waals surface area contributed by atoms with Crippen molar-refractivity contribution in [1.29, 1.82) is 0 Å². The second kappa shape index (κ2) is 7.66. The van der Waals surface area contributed by atoms with Gasteiger partial charge in [0.05, 0.1) is 5.56 Å². The molecule has 0 saturated carbocycles. The lowest BCUT2D eigenvalue weighted by Crippen LogP contribution is -2.11. The van der Waals surface area contributed by atoms with Crippen LogP contribution in [0.2, 0.25) is 5.02 Å². The fraction of sp³-hybridized carbons (Fsp3) is 0.0455. The second-order valence-corrected chi connectivity index (χ2v) is 6.54. The molecule has 1 aromatic heterocycles. The molecule has 0 N–H and O–H groups in total. The first-order valence-electron chi connectivity index (χ1n) is 8.50. The summed E-state index contributed by atoms with van der Waals surface area (Å²) in [4.78, 5) is 28.7. The van der Waals surface area contributed by atoms with Gasteiger partial charge in [-0.1, -0.05) is 17.7 Å². The number of nitrogens with zero attached hydrogens (tertiary/aromatic N) is 1. The highest BCUT2D eigenvalue weighted by molar-refractivity contribution is 6.30. The molecule has 0 saturated heterocycles. The number of ether oxygens (including phenoxy) is 2. The van der Waals surface area contributed by atoms with E-state index in [1.807, 2.05) is 6.07 Å². The SMILES string of the molecule is O=C(COc1ccc2c(c1)OC(=Cc1cccnc1)C2=O)c1ccc(Cl)cc1. The van der Waals surface area contributed by atoms with Crippen LogP contribution in [-0.4, -0.2) is 23.2 Å². The van der Waals surface area contributed by atoms with Crippen LogP contribution in [0.25, 0.3) is 6.08 Å². The monoisotopic (exact) mass is 391 g/mol. The van der Waals surface area contributed by atoms with Crippen molar-refractivity contribution < 1.29 is 19.1 Å². The number of benzene rings is 2. The number of hydrogen-bond acceptors (Lipinski definition) is 5. The summed E-state index contributed by atoms with van der Waals surface area (Å²) in [5.74, 6) is 0.680. The maximum absolute atomic E-state index is 12.5. The van der Waals surface area contributed by atoms with Gasteiger partial charge in [0.15, 0.2) is 18.1 Å². The molecule has 0 atom stereocenters. The Balaban J connectivity index is 1.46. The third-order valence-corrected chi connectivity index (χ3v) is 4.41. The maximum atomic E-state index is 12.5. The highest BCUT2D eigenvalue weighted by Crippen LogP contribution is 2.34. The van der Waals surface area contributed by atoms with Crippen LogP contribution in [0.1, 0.15) is 26.3 Å². The molecule has 4 rings (SSSR count). The van der Waals surface area contributed by atoms with Gasteiger partial charge in [-0.05, 0) is 54.1 Å². The molecule has 0 amide bonds. The van der Waals surface area contributed by atoms with E-state index in [0.717, 1.165) is 5.56 Å². The predicted molar refractivity (Wildman–Crippen MR) is 105 cm³/mol. The summed E-state index contributed by atoms with van der Waals surface area (Å²) >= 11 is 5.83.